The average Bonchev–Trinajstić information content (AvgIpc) is 3.12. The molecular weight excluding hydrogens is 372 g/mol. The summed E-state index contributed by atoms with van der Waals surface area (Å²) in [5, 5.41) is 0. The topological polar surface area (TPSA) is 98.8 Å². The van der Waals surface area contributed by atoms with Crippen molar-refractivity contribution in [3.05, 3.63) is 12.2 Å². The van der Waals surface area contributed by atoms with Crippen LogP contribution >= 0.6 is 0 Å². The van der Waals surface area contributed by atoms with Gasteiger partial charge in [-0.15, -0.1) is 0 Å². The zero-order valence-electron chi connectivity index (χ0n) is 16.9. The molecule has 0 aliphatic heterocycles. The lowest BCUT2D eigenvalue weighted by Gasteiger charge is -2.23. The van der Waals surface area contributed by atoms with Crippen LogP contribution in [0.3, 0.4) is 0 Å². The Kier molecular flexibility index (Phi) is 13.7. The number of esters is 1. The van der Waals surface area contributed by atoms with Crippen LogP contribution in [0, 0.1) is 11.8 Å². The van der Waals surface area contributed by atoms with Gasteiger partial charge in [-0.3, -0.25) is 0 Å². The predicted molar refractivity (Wildman–Crippen MR) is 98.6 cm³/mol. The summed E-state index contributed by atoms with van der Waals surface area (Å²) in [6, 6.07) is 0. The lowest BCUT2D eigenvalue weighted by molar-refractivity contribution is -0.135. The summed E-state index contributed by atoms with van der Waals surface area (Å²) in [6.07, 6.45) is 4.36. The van der Waals surface area contributed by atoms with Crippen LogP contribution in [0.2, 0.25) is 0 Å². The monoisotopic (exact) mass is 404 g/mol. The highest BCUT2D eigenvalue weighted by Crippen LogP contribution is 2.36. The van der Waals surface area contributed by atoms with Gasteiger partial charge in [0.1, 0.15) is 19.9 Å². The summed E-state index contributed by atoms with van der Waals surface area (Å²) < 4.78 is 36.6. The highest BCUT2D eigenvalue weighted by atomic mass is 16.7. The third-order valence-corrected chi connectivity index (χ3v) is 4.43. The van der Waals surface area contributed by atoms with E-state index in [0.717, 1.165) is 6.29 Å². The molecule has 9 nitrogen and oxygen atoms in total. The Morgan fingerprint density at radius 2 is 1.68 bits per heavy atom. The van der Waals surface area contributed by atoms with Crippen molar-refractivity contribution < 1.29 is 42.7 Å². The Labute approximate surface area is 166 Å². The first kappa shape index (κ1) is 24.7. The quantitative estimate of drug-likeness (QED) is 0.122. The molecule has 9 heteroatoms. The van der Waals surface area contributed by atoms with Gasteiger partial charge in [-0.05, 0) is 18.9 Å². The maximum Gasteiger partial charge on any atom is 0.330 e. The average molecular weight is 404 g/mol. The van der Waals surface area contributed by atoms with Crippen LogP contribution in [0.5, 0.6) is 0 Å². The molecule has 0 radical (unpaired) electrons. The van der Waals surface area contributed by atoms with Crippen LogP contribution in [-0.2, 0) is 42.7 Å². The van der Waals surface area contributed by atoms with Crippen molar-refractivity contribution in [1.82, 2.24) is 0 Å². The van der Waals surface area contributed by atoms with E-state index in [1.165, 1.54) is 13.2 Å². The van der Waals surface area contributed by atoms with E-state index in [1.807, 2.05) is 0 Å². The molecule has 162 valence electrons. The first-order valence-corrected chi connectivity index (χ1v) is 9.24. The Hall–Kier alpha value is -1.36. The van der Waals surface area contributed by atoms with E-state index < -0.39 is 12.1 Å². The third-order valence-electron chi connectivity index (χ3n) is 4.43. The lowest BCUT2D eigenvalue weighted by atomic mass is 9.91. The Morgan fingerprint density at radius 1 is 1.00 bits per heavy atom. The fourth-order valence-corrected chi connectivity index (χ4v) is 2.96. The number of methoxy groups -OCH3 is 3. The van der Waals surface area contributed by atoms with E-state index in [2.05, 4.69) is 4.74 Å². The van der Waals surface area contributed by atoms with Gasteiger partial charge >= 0.3 is 5.97 Å². The van der Waals surface area contributed by atoms with Crippen LogP contribution in [0.1, 0.15) is 12.8 Å². The molecule has 0 unspecified atom stereocenters. The lowest BCUT2D eigenvalue weighted by Crippen LogP contribution is -2.28. The van der Waals surface area contributed by atoms with Crippen molar-refractivity contribution in [3.8, 4) is 0 Å². The molecule has 28 heavy (non-hydrogen) atoms. The van der Waals surface area contributed by atoms with E-state index in [0.29, 0.717) is 39.3 Å². The van der Waals surface area contributed by atoms with Crippen molar-refractivity contribution in [2.45, 2.75) is 25.0 Å². The Bertz CT molecular complexity index is 455. The molecule has 0 amide bonds. The van der Waals surface area contributed by atoms with Crippen molar-refractivity contribution in [1.29, 1.82) is 0 Å². The maximum absolute atomic E-state index is 11.6. The number of rotatable bonds is 16. The van der Waals surface area contributed by atoms with Crippen molar-refractivity contribution in [2.24, 2.45) is 11.8 Å². The van der Waals surface area contributed by atoms with Gasteiger partial charge in [0.25, 0.3) is 0 Å². The number of carbonyl (C=O) groups excluding carboxylic acids is 2. The molecule has 0 aromatic rings. The molecular formula is C19H32O9. The molecule has 0 bridgehead atoms. The van der Waals surface area contributed by atoms with Crippen LogP contribution in [-0.4, -0.2) is 85.8 Å². The van der Waals surface area contributed by atoms with Gasteiger partial charge in [-0.1, -0.05) is 0 Å². The highest BCUT2D eigenvalue weighted by Gasteiger charge is 2.39. The zero-order valence-corrected chi connectivity index (χ0v) is 16.9. The maximum atomic E-state index is 11.6. The van der Waals surface area contributed by atoms with Gasteiger partial charge < -0.3 is 38.0 Å². The van der Waals surface area contributed by atoms with E-state index in [-0.39, 0.29) is 31.5 Å². The molecule has 0 aromatic heterocycles. The van der Waals surface area contributed by atoms with Gasteiger partial charge in [0.15, 0.2) is 0 Å². The fraction of sp³-hybridized carbons (Fsp3) is 0.789. The van der Waals surface area contributed by atoms with Crippen LogP contribution in [0.15, 0.2) is 12.2 Å². The summed E-state index contributed by atoms with van der Waals surface area (Å²) >= 11 is 0. The van der Waals surface area contributed by atoms with Crippen LogP contribution in [0.25, 0.3) is 0 Å². The molecule has 0 heterocycles. The second kappa shape index (κ2) is 15.5. The van der Waals surface area contributed by atoms with Crippen molar-refractivity contribution in [2.75, 3.05) is 61.3 Å². The molecule has 1 aliphatic rings. The minimum Gasteiger partial charge on any atom is -0.466 e. The number of carbonyl (C=O) groups is 2. The minimum atomic E-state index is -0.492. The van der Waals surface area contributed by atoms with E-state index in [9.17, 15) is 9.59 Å². The van der Waals surface area contributed by atoms with Gasteiger partial charge in [0, 0.05) is 32.1 Å². The molecule has 4 atom stereocenters. The number of ether oxygens (including phenoxy) is 7. The molecule has 1 saturated carbocycles. The van der Waals surface area contributed by atoms with Gasteiger partial charge in [0.2, 0.25) is 0 Å². The molecule has 0 spiro atoms. The third kappa shape index (κ3) is 9.72. The molecule has 1 rings (SSSR count). The van der Waals surface area contributed by atoms with Crippen molar-refractivity contribution in [3.63, 3.8) is 0 Å². The predicted octanol–water partition coefficient (Wildman–Crippen LogP) is 0.952. The smallest absolute Gasteiger partial charge is 0.330 e. The molecule has 1 fully saturated rings. The van der Waals surface area contributed by atoms with Crippen molar-refractivity contribution >= 4 is 12.3 Å². The van der Waals surface area contributed by atoms with E-state index in [1.54, 1.807) is 20.3 Å². The summed E-state index contributed by atoms with van der Waals surface area (Å²) in [7, 11) is 4.48. The number of hydrogen-bond donors (Lipinski definition) is 0. The van der Waals surface area contributed by atoms with Gasteiger partial charge in [-0.25, -0.2) is 4.79 Å². The summed E-state index contributed by atoms with van der Waals surface area (Å²) in [5.41, 5.74) is 0. The van der Waals surface area contributed by atoms with Gasteiger partial charge in [-0.2, -0.15) is 0 Å². The first-order valence-electron chi connectivity index (χ1n) is 9.24. The number of hydrogen-bond acceptors (Lipinski definition) is 9. The van der Waals surface area contributed by atoms with E-state index >= 15 is 0 Å². The Balaban J connectivity index is 2.61. The largest absolute Gasteiger partial charge is 0.466 e. The number of aldehydes is 1. The summed E-state index contributed by atoms with van der Waals surface area (Å²) in [6.45, 7) is 1.92. The molecule has 0 saturated heterocycles. The van der Waals surface area contributed by atoms with E-state index in [4.69, 9.17) is 28.4 Å². The second-order valence-corrected chi connectivity index (χ2v) is 6.28. The van der Waals surface area contributed by atoms with Gasteiger partial charge in [0.05, 0.1) is 45.7 Å². The summed E-state index contributed by atoms with van der Waals surface area (Å²) in [5.74, 6) is -0.891. The Morgan fingerprint density at radius 3 is 2.29 bits per heavy atom. The fourth-order valence-electron chi connectivity index (χ4n) is 2.96. The standard InChI is InChI=1S/C19H32O9/c1-22-6-8-25-13-27-16-10-15(12-20)17(11-16)18(4-5-19(21)24-3)28-14-26-9-7-23-2/h4-5,12,15-18H,6-11,13-14H2,1-3H3/b5-4+/t15-,16-,17+,18+/m0/s1. The minimum absolute atomic E-state index is 0.0211. The summed E-state index contributed by atoms with van der Waals surface area (Å²) in [4.78, 5) is 23.0. The second-order valence-electron chi connectivity index (χ2n) is 6.28. The zero-order chi connectivity index (χ0) is 20.6. The van der Waals surface area contributed by atoms with Crippen LogP contribution in [0.4, 0.5) is 0 Å². The SMILES string of the molecule is COCCOCO[C@@H]1C[C@@H]([C@@H](/C=C/C(=O)OC)OCOCCOC)[C@H](C=O)C1. The highest BCUT2D eigenvalue weighted by molar-refractivity contribution is 5.81. The normalized spacial score (nSPS) is 23.2. The molecule has 1 aliphatic carbocycles. The molecule has 0 N–H and O–H groups in total. The first-order chi connectivity index (χ1) is 13.7. The molecule has 0 aromatic carbocycles. The van der Waals surface area contributed by atoms with Crippen LogP contribution < -0.4 is 0 Å².